The van der Waals surface area contributed by atoms with E-state index in [1.54, 1.807) is 23.1 Å². The Labute approximate surface area is 176 Å². The quantitative estimate of drug-likeness (QED) is 0.770. The molecule has 7 heteroatoms. The summed E-state index contributed by atoms with van der Waals surface area (Å²) >= 11 is 0. The van der Waals surface area contributed by atoms with Crippen molar-refractivity contribution in [3.8, 4) is 5.75 Å². The number of aromatic nitrogens is 1. The van der Waals surface area contributed by atoms with Crippen LogP contribution in [0.1, 0.15) is 45.6 Å². The number of phenols is 1. The number of pyridine rings is 1. The van der Waals surface area contributed by atoms with E-state index in [1.807, 2.05) is 31.9 Å². The van der Waals surface area contributed by atoms with Gasteiger partial charge in [0, 0.05) is 37.1 Å². The summed E-state index contributed by atoms with van der Waals surface area (Å²) in [4.78, 5) is 33.8. The number of nitrogens with zero attached hydrogens (tertiary/aromatic N) is 3. The molecular formula is C23H29N3O4. The maximum absolute atomic E-state index is 13.5. The summed E-state index contributed by atoms with van der Waals surface area (Å²) in [6.45, 7) is 7.25. The van der Waals surface area contributed by atoms with Gasteiger partial charge in [-0.15, -0.1) is 0 Å². The first-order valence-electron chi connectivity index (χ1n) is 10.6. The van der Waals surface area contributed by atoms with Crippen LogP contribution in [0.2, 0.25) is 0 Å². The summed E-state index contributed by atoms with van der Waals surface area (Å²) in [5.41, 5.74) is 2.16. The molecule has 1 aromatic heterocycles. The SMILES string of the molecule is CC(C)(C)OC(=O)N1CCC(C(=O)N2CCCc3cnc4ccc(O)cc4c32)CC1. The van der Waals surface area contributed by atoms with Gasteiger partial charge in [0.15, 0.2) is 0 Å². The molecule has 160 valence electrons. The second-order valence-corrected chi connectivity index (χ2v) is 9.17. The number of hydrogen-bond acceptors (Lipinski definition) is 5. The third-order valence-electron chi connectivity index (χ3n) is 5.76. The van der Waals surface area contributed by atoms with E-state index in [2.05, 4.69) is 4.98 Å². The van der Waals surface area contributed by atoms with Gasteiger partial charge in [0.1, 0.15) is 11.4 Å². The molecule has 2 aromatic rings. The first kappa shape index (κ1) is 20.4. The Kier molecular flexibility index (Phi) is 5.30. The van der Waals surface area contributed by atoms with Gasteiger partial charge >= 0.3 is 6.09 Å². The minimum absolute atomic E-state index is 0.0932. The van der Waals surface area contributed by atoms with Gasteiger partial charge in [0.2, 0.25) is 5.91 Å². The van der Waals surface area contributed by atoms with E-state index in [1.165, 1.54) is 0 Å². The molecule has 2 amide bonds. The van der Waals surface area contributed by atoms with Gasteiger partial charge in [0.05, 0.1) is 11.2 Å². The van der Waals surface area contributed by atoms with Crippen molar-refractivity contribution in [3.63, 3.8) is 0 Å². The molecule has 0 spiro atoms. The van der Waals surface area contributed by atoms with Crippen molar-refractivity contribution in [3.05, 3.63) is 30.0 Å². The summed E-state index contributed by atoms with van der Waals surface area (Å²) in [6, 6.07) is 5.09. The highest BCUT2D eigenvalue weighted by Crippen LogP contribution is 2.37. The van der Waals surface area contributed by atoms with Crippen LogP contribution in [-0.2, 0) is 16.0 Å². The number of anilines is 1. The number of hydrogen-bond donors (Lipinski definition) is 1. The number of rotatable bonds is 1. The molecule has 7 nitrogen and oxygen atoms in total. The maximum Gasteiger partial charge on any atom is 0.410 e. The number of carbonyl (C=O) groups excluding carboxylic acids is 2. The van der Waals surface area contributed by atoms with Crippen LogP contribution in [0.15, 0.2) is 24.4 Å². The van der Waals surface area contributed by atoms with Crippen LogP contribution in [0, 0.1) is 5.92 Å². The fourth-order valence-corrected chi connectivity index (χ4v) is 4.33. The average Bonchev–Trinajstić information content (AvgIpc) is 2.71. The Bertz CT molecular complexity index is 974. The van der Waals surface area contributed by atoms with E-state index in [0.29, 0.717) is 32.5 Å². The van der Waals surface area contributed by atoms with E-state index in [9.17, 15) is 14.7 Å². The van der Waals surface area contributed by atoms with Gasteiger partial charge < -0.3 is 19.6 Å². The van der Waals surface area contributed by atoms with Crippen molar-refractivity contribution in [1.29, 1.82) is 0 Å². The fourth-order valence-electron chi connectivity index (χ4n) is 4.33. The molecule has 2 aliphatic heterocycles. The molecule has 0 bridgehead atoms. The first-order chi connectivity index (χ1) is 14.2. The van der Waals surface area contributed by atoms with E-state index >= 15 is 0 Å². The maximum atomic E-state index is 13.5. The molecule has 1 aromatic carbocycles. The lowest BCUT2D eigenvalue weighted by Crippen LogP contribution is -2.47. The van der Waals surface area contributed by atoms with Crippen molar-refractivity contribution in [2.75, 3.05) is 24.5 Å². The van der Waals surface area contributed by atoms with Gasteiger partial charge in [-0.2, -0.15) is 0 Å². The van der Waals surface area contributed by atoms with E-state index < -0.39 is 5.60 Å². The molecular weight excluding hydrogens is 382 g/mol. The molecule has 0 saturated carbocycles. The summed E-state index contributed by atoms with van der Waals surface area (Å²) in [7, 11) is 0. The molecule has 3 heterocycles. The molecule has 1 fully saturated rings. The minimum atomic E-state index is -0.526. The number of piperidine rings is 1. The smallest absolute Gasteiger partial charge is 0.410 e. The number of fused-ring (bicyclic) bond motifs is 3. The van der Waals surface area contributed by atoms with Crippen LogP contribution in [-0.4, -0.2) is 52.2 Å². The van der Waals surface area contributed by atoms with Gasteiger partial charge in [0.25, 0.3) is 0 Å². The molecule has 0 aliphatic carbocycles. The predicted molar refractivity (Wildman–Crippen MR) is 115 cm³/mol. The molecule has 1 saturated heterocycles. The highest BCUT2D eigenvalue weighted by molar-refractivity contribution is 6.05. The normalized spacial score (nSPS) is 17.7. The second kappa shape index (κ2) is 7.78. The Morgan fingerprint density at radius 1 is 1.17 bits per heavy atom. The number of aromatic hydroxyl groups is 1. The molecule has 2 aliphatic rings. The number of carbonyl (C=O) groups is 2. The Balaban J connectivity index is 1.52. The van der Waals surface area contributed by atoms with Gasteiger partial charge in [-0.1, -0.05) is 0 Å². The average molecular weight is 412 g/mol. The predicted octanol–water partition coefficient (Wildman–Crippen LogP) is 3.87. The van der Waals surface area contributed by atoms with Gasteiger partial charge in [-0.05, 0) is 70.2 Å². The van der Waals surface area contributed by atoms with Crippen LogP contribution < -0.4 is 4.90 Å². The highest BCUT2D eigenvalue weighted by atomic mass is 16.6. The lowest BCUT2D eigenvalue weighted by Gasteiger charge is -2.37. The fraction of sp³-hybridized carbons (Fsp3) is 0.522. The Morgan fingerprint density at radius 3 is 2.60 bits per heavy atom. The van der Waals surface area contributed by atoms with Crippen molar-refractivity contribution in [2.24, 2.45) is 5.92 Å². The first-order valence-corrected chi connectivity index (χ1v) is 10.6. The van der Waals surface area contributed by atoms with Crippen LogP contribution in [0.3, 0.4) is 0 Å². The topological polar surface area (TPSA) is 83.0 Å². The number of ether oxygens (including phenoxy) is 1. The van der Waals surface area contributed by atoms with Gasteiger partial charge in [-0.25, -0.2) is 4.79 Å². The molecule has 30 heavy (non-hydrogen) atoms. The number of amides is 2. The second-order valence-electron chi connectivity index (χ2n) is 9.17. The summed E-state index contributed by atoms with van der Waals surface area (Å²) < 4.78 is 5.46. The van der Waals surface area contributed by atoms with Crippen LogP contribution in [0.4, 0.5) is 10.5 Å². The lowest BCUT2D eigenvalue weighted by molar-refractivity contribution is -0.123. The monoisotopic (exact) mass is 411 g/mol. The lowest BCUT2D eigenvalue weighted by atomic mass is 9.92. The van der Waals surface area contributed by atoms with E-state index in [0.717, 1.165) is 35.0 Å². The zero-order chi connectivity index (χ0) is 21.5. The van der Waals surface area contributed by atoms with Crippen molar-refractivity contribution >= 4 is 28.6 Å². The zero-order valence-corrected chi connectivity index (χ0v) is 17.9. The van der Waals surface area contributed by atoms with Crippen molar-refractivity contribution in [1.82, 2.24) is 9.88 Å². The number of benzene rings is 1. The van der Waals surface area contributed by atoms with Crippen molar-refractivity contribution < 1.29 is 19.4 Å². The number of likely N-dealkylation sites (tertiary alicyclic amines) is 1. The zero-order valence-electron chi connectivity index (χ0n) is 17.9. The van der Waals surface area contributed by atoms with E-state index in [4.69, 9.17) is 4.74 Å². The Morgan fingerprint density at radius 2 is 1.90 bits per heavy atom. The third-order valence-corrected chi connectivity index (χ3v) is 5.76. The highest BCUT2D eigenvalue weighted by Gasteiger charge is 2.34. The van der Waals surface area contributed by atoms with E-state index in [-0.39, 0.29) is 23.7 Å². The van der Waals surface area contributed by atoms with Crippen LogP contribution in [0.5, 0.6) is 5.75 Å². The Hall–Kier alpha value is -2.83. The molecule has 0 atom stereocenters. The van der Waals surface area contributed by atoms with Crippen LogP contribution in [0.25, 0.3) is 10.9 Å². The third kappa shape index (κ3) is 4.06. The number of aryl methyl sites for hydroxylation is 1. The number of phenolic OH excluding ortho intramolecular Hbond substituents is 1. The largest absolute Gasteiger partial charge is 0.508 e. The van der Waals surface area contributed by atoms with Crippen molar-refractivity contribution in [2.45, 2.75) is 52.1 Å². The summed E-state index contributed by atoms with van der Waals surface area (Å²) in [6.07, 6.45) is 4.54. The molecule has 1 N–H and O–H groups in total. The molecule has 4 rings (SSSR count). The molecule has 0 unspecified atom stereocenters. The minimum Gasteiger partial charge on any atom is -0.508 e. The summed E-state index contributed by atoms with van der Waals surface area (Å²) in [5.74, 6) is 0.132. The summed E-state index contributed by atoms with van der Waals surface area (Å²) in [5, 5.41) is 10.8. The van der Waals surface area contributed by atoms with Gasteiger partial charge in [-0.3, -0.25) is 9.78 Å². The standard InChI is InChI=1S/C23H29N3O4/c1-23(2,3)30-22(29)25-11-8-15(9-12-25)21(28)26-10-4-5-16-14-24-19-7-6-17(27)13-18(19)20(16)26/h6-7,13-15,27H,4-5,8-12H2,1-3H3. The van der Waals surface area contributed by atoms with Crippen LogP contribution >= 0.6 is 0 Å². The molecule has 0 radical (unpaired) electrons.